The molecular weight excluding hydrogens is 1390 g/mol. The van der Waals surface area contributed by atoms with Gasteiger partial charge in [0, 0.05) is 47.6 Å². The Morgan fingerprint density at radius 2 is 0.683 bits per heavy atom. The molecule has 0 unspecified atom stereocenters. The molecule has 101 heavy (non-hydrogen) atoms. The summed E-state index contributed by atoms with van der Waals surface area (Å²) in [6.07, 6.45) is 62.5. The van der Waals surface area contributed by atoms with Crippen LogP contribution in [0.3, 0.4) is 0 Å². The maximum absolute atomic E-state index is 9.67. The number of fused-ring (bicyclic) bond motifs is 1. The van der Waals surface area contributed by atoms with Crippen LogP contribution >= 0.6 is 19.4 Å². The summed E-state index contributed by atoms with van der Waals surface area (Å²) in [4.78, 5) is 14.7. The van der Waals surface area contributed by atoms with Crippen LogP contribution in [-0.4, -0.2) is 51.1 Å². The first kappa shape index (κ1) is 83.0. The Morgan fingerprint density at radius 1 is 0.376 bits per heavy atom. The van der Waals surface area contributed by atoms with Crippen LogP contribution in [0.15, 0.2) is 134 Å². The van der Waals surface area contributed by atoms with Crippen molar-refractivity contribution in [3.63, 3.8) is 0 Å². The topological polar surface area (TPSA) is 19.4 Å². The molecule has 3 aliphatic heterocycles. The summed E-state index contributed by atoms with van der Waals surface area (Å²) in [5, 5.41) is 0. The minimum Gasteiger partial charge on any atom is -1.00 e. The molecular formula is C87H122BCl2F4N6Ru-3. The van der Waals surface area contributed by atoms with E-state index in [-0.39, 0.29) is 4.70 Å². The zero-order valence-corrected chi connectivity index (χ0v) is 66.3. The minimum atomic E-state index is -3.67. The van der Waals surface area contributed by atoms with Crippen LogP contribution in [0.1, 0.15) is 279 Å². The minimum absolute atomic E-state index is 0. The zero-order valence-electron chi connectivity index (χ0n) is 63.0. The molecule has 6 nitrogen and oxygen atoms in total. The van der Waals surface area contributed by atoms with Crippen molar-refractivity contribution < 1.29 is 31.2 Å². The van der Waals surface area contributed by atoms with Crippen LogP contribution in [0, 0.1) is 75.7 Å². The molecule has 0 amide bonds. The van der Waals surface area contributed by atoms with Crippen LogP contribution in [0.5, 0.6) is 0 Å². The van der Waals surface area contributed by atoms with Crippen molar-refractivity contribution in [1.82, 2.24) is 14.7 Å². The molecule has 3 heterocycles. The molecule has 5 aromatic carbocycles. The fourth-order valence-corrected chi connectivity index (χ4v) is 19.0. The number of nitrogens with zero attached hydrogens (tertiary/aromatic N) is 6. The average molecular weight is 1510 g/mol. The average Bonchev–Trinajstić information content (AvgIpc) is 1.74. The van der Waals surface area contributed by atoms with Crippen molar-refractivity contribution >= 4 is 53.7 Å². The van der Waals surface area contributed by atoms with Crippen LogP contribution < -0.4 is 19.4 Å². The van der Waals surface area contributed by atoms with Crippen molar-refractivity contribution in [2.24, 2.45) is 0 Å². The van der Waals surface area contributed by atoms with E-state index in [4.69, 9.17) is 19.4 Å². The van der Waals surface area contributed by atoms with Crippen molar-refractivity contribution in [2.45, 2.75) is 292 Å². The number of benzene rings is 5. The maximum Gasteiger partial charge on any atom is -1.00 e. The molecule has 5 aromatic rings. The number of allylic oxidation sites excluding steroid dienone is 1. The molecule has 7 aliphatic rings. The van der Waals surface area contributed by atoms with Gasteiger partial charge in [0.25, 0.3) is 0 Å². The number of aryl methyl sites for hydroxylation is 9. The molecule has 0 N–H and O–H groups in total. The van der Waals surface area contributed by atoms with E-state index in [1.165, 1.54) is 301 Å². The third-order valence-electron chi connectivity index (χ3n) is 21.3. The summed E-state index contributed by atoms with van der Waals surface area (Å²) in [7, 11) is 8.72. The van der Waals surface area contributed by atoms with E-state index in [9.17, 15) is 12.9 Å². The van der Waals surface area contributed by atoms with Gasteiger partial charge in [-0.25, -0.2) is 0 Å². The third-order valence-corrected chi connectivity index (χ3v) is 24.4. The van der Waals surface area contributed by atoms with Gasteiger partial charge in [0.2, 0.25) is 0 Å². The van der Waals surface area contributed by atoms with Gasteiger partial charge >= 0.3 is 127 Å². The predicted octanol–water partition coefficient (Wildman–Crippen LogP) is 23.3. The van der Waals surface area contributed by atoms with Crippen LogP contribution in [0.4, 0.5) is 30.0 Å². The Balaban J connectivity index is 0.000000186. The molecule has 0 radical (unpaired) electrons. The van der Waals surface area contributed by atoms with Crippen LogP contribution in [0.2, 0.25) is 0 Å². The van der Waals surface area contributed by atoms with Crippen LogP contribution in [-0.2, 0) is 13.5 Å². The summed E-state index contributed by atoms with van der Waals surface area (Å²) in [6, 6.07) is 34.5. The molecule has 0 saturated heterocycles. The van der Waals surface area contributed by atoms with Crippen molar-refractivity contribution in [3.05, 3.63) is 214 Å². The van der Waals surface area contributed by atoms with Gasteiger partial charge in [0.15, 0.2) is 0 Å². The van der Waals surface area contributed by atoms with E-state index < -0.39 is 21.1 Å². The van der Waals surface area contributed by atoms with Gasteiger partial charge in [0.1, 0.15) is 0 Å². The maximum atomic E-state index is 9.67. The fourth-order valence-electron chi connectivity index (χ4n) is 16.6. The Kier molecular flexibility index (Phi) is 36.6. The van der Waals surface area contributed by atoms with E-state index >= 15 is 0 Å². The Morgan fingerprint density at radius 3 is 1.03 bits per heavy atom. The standard InChI is InChI=1S/C24H38N2.2C24H37N2.C15H10.BF3.2ClH.FH.Ru/c3*1-20-17-21(2)24(22(3)18-20)26-16-15-25(19-26)23-13-11-9-7-5-4-6-8-10-12-14-23;1-2-6-12(7-3-1)15-11-10-13-8-4-5-9-14(13)15;2-1(3)4;;;;/h15-18,23H,4-14,19H2,1-3H3;2*15-19,23H,4-14H2,1-3H3;1-9,11H;;3*1H;/q;2*-1;;;;;;+2/p-3. The molecule has 0 spiro atoms. The molecule has 0 bridgehead atoms. The largest absolute Gasteiger partial charge is 1.00 e. The molecule has 14 heteroatoms. The predicted molar refractivity (Wildman–Crippen MR) is 424 cm³/mol. The van der Waals surface area contributed by atoms with Gasteiger partial charge in [-0.2, -0.15) is 13.3 Å². The number of hydrogen-bond donors (Lipinski definition) is 0. The van der Waals surface area contributed by atoms with Crippen LogP contribution in [0.25, 0.3) is 5.57 Å². The smallest absolute Gasteiger partial charge is 1.00 e. The van der Waals surface area contributed by atoms with E-state index in [0.717, 1.165) is 16.8 Å². The molecule has 4 aliphatic carbocycles. The van der Waals surface area contributed by atoms with E-state index in [1.807, 2.05) is 24.3 Å². The van der Waals surface area contributed by atoms with Gasteiger partial charge in [-0.05, 0) is 159 Å². The normalized spacial score (nSPS) is 18.9. The SMILES string of the molecule is Cc1cc(C)c(N2C=CN(C3CCCCCCCCCCC3)C2)c(C)c1.Cc1cc(C)c(N2C=CN(C3CCCCCCCCCCC3)[CH-]2)c(C)c1.Cc1cc(C)c(N2C=CN(C3CCCCCCCCCCC3)[CH-]2)c(C)c1.FB(F)F.[Cl][Ru]([Cl])=[C]1C=C(c2ccccc2)c2ccccc21.[F-]. The first-order valence-corrected chi connectivity index (χ1v) is 44.1. The third kappa shape index (κ3) is 26.7. The molecule has 3 fully saturated rings. The number of anilines is 3. The van der Waals surface area contributed by atoms with Gasteiger partial charge < -0.3 is 34.1 Å². The number of hydrogen-bond acceptors (Lipinski definition) is 6. The summed E-state index contributed by atoms with van der Waals surface area (Å²) >= 11 is -1.88. The second-order valence-corrected chi connectivity index (χ2v) is 35.5. The van der Waals surface area contributed by atoms with E-state index in [1.54, 1.807) is 0 Å². The summed E-state index contributed by atoms with van der Waals surface area (Å²) in [6.45, 7) is 25.7. The van der Waals surface area contributed by atoms with E-state index in [2.05, 4.69) is 215 Å². The second-order valence-electron chi connectivity index (χ2n) is 29.7. The Bertz CT molecular complexity index is 3080. The molecule has 0 atom stereocenters. The monoisotopic (exact) mass is 1510 g/mol. The summed E-state index contributed by atoms with van der Waals surface area (Å²) < 4.78 is 30.1. The van der Waals surface area contributed by atoms with Gasteiger partial charge in [-0.1, -0.05) is 226 Å². The first-order valence-electron chi connectivity index (χ1n) is 38.7. The molecule has 0 aromatic heterocycles. The molecule has 12 rings (SSSR count). The Labute approximate surface area is 623 Å². The molecule has 3 saturated carbocycles. The van der Waals surface area contributed by atoms with Crippen molar-refractivity contribution in [1.29, 1.82) is 0 Å². The van der Waals surface area contributed by atoms with Gasteiger partial charge in [0.05, 0.1) is 6.67 Å². The Hall–Kier alpha value is -5.28. The fraction of sp³-hybridized carbons (Fsp3) is 0.529. The quantitative estimate of drug-likeness (QED) is 0.0912. The van der Waals surface area contributed by atoms with Crippen molar-refractivity contribution in [2.75, 3.05) is 21.4 Å². The molecule has 556 valence electrons. The zero-order chi connectivity index (χ0) is 71.2. The summed E-state index contributed by atoms with van der Waals surface area (Å²) in [5.74, 6) is 0. The number of rotatable bonds is 7. The number of halogens is 6. The van der Waals surface area contributed by atoms with Gasteiger partial charge in [-0.15, -0.1) is 0 Å². The van der Waals surface area contributed by atoms with E-state index in [0.29, 0.717) is 12.1 Å². The first-order chi connectivity index (χ1) is 48.4. The van der Waals surface area contributed by atoms with Gasteiger partial charge in [-0.3, -0.25) is 12.9 Å². The summed E-state index contributed by atoms with van der Waals surface area (Å²) in [5.41, 5.74) is 21.3. The van der Waals surface area contributed by atoms with Crippen molar-refractivity contribution in [3.8, 4) is 0 Å². The second kappa shape index (κ2) is 44.5.